The molecule has 1 aromatic carbocycles. The first-order valence-electron chi connectivity index (χ1n) is 7.99. The summed E-state index contributed by atoms with van der Waals surface area (Å²) in [6.07, 6.45) is 0. The second kappa shape index (κ2) is 6.40. The van der Waals surface area contributed by atoms with Crippen molar-refractivity contribution in [1.82, 2.24) is 20.4 Å². The molecule has 23 heavy (non-hydrogen) atoms. The van der Waals surface area contributed by atoms with Gasteiger partial charge < -0.3 is 14.7 Å². The third-order valence-electron chi connectivity index (χ3n) is 4.10. The molecule has 1 aliphatic rings. The number of rotatable bonds is 3. The van der Waals surface area contributed by atoms with Gasteiger partial charge in [-0.2, -0.15) is 4.98 Å². The second-order valence-electron chi connectivity index (χ2n) is 6.42. The van der Waals surface area contributed by atoms with Gasteiger partial charge in [0.1, 0.15) is 0 Å². The Morgan fingerprint density at radius 1 is 1.30 bits per heavy atom. The predicted molar refractivity (Wildman–Crippen MR) is 86.9 cm³/mol. The third-order valence-corrected chi connectivity index (χ3v) is 4.10. The third kappa shape index (κ3) is 3.36. The van der Waals surface area contributed by atoms with Gasteiger partial charge in [-0.15, -0.1) is 0 Å². The molecular weight excluding hydrogens is 292 g/mol. The van der Waals surface area contributed by atoms with Crippen molar-refractivity contribution in [2.24, 2.45) is 5.92 Å². The van der Waals surface area contributed by atoms with Crippen LogP contribution in [0.4, 0.5) is 4.79 Å². The van der Waals surface area contributed by atoms with Crippen LogP contribution in [0.2, 0.25) is 0 Å². The minimum atomic E-state index is -0.0304. The maximum absolute atomic E-state index is 12.2. The van der Waals surface area contributed by atoms with Crippen LogP contribution in [0, 0.1) is 5.92 Å². The standard InChI is InChI=1S/C17H22N4O2/c1-11(2)18-17(22)21-9-12(3)14(10-21)16-19-15(20-23-16)13-7-5-4-6-8-13/h4-8,11-12,14H,9-10H2,1-3H3,(H,18,22). The maximum Gasteiger partial charge on any atom is 0.317 e. The Bertz CT molecular complexity index is 668. The summed E-state index contributed by atoms with van der Waals surface area (Å²) >= 11 is 0. The lowest BCUT2D eigenvalue weighted by molar-refractivity contribution is 0.204. The molecule has 1 aliphatic heterocycles. The molecule has 6 heteroatoms. The molecule has 122 valence electrons. The molecule has 0 saturated carbocycles. The zero-order valence-corrected chi connectivity index (χ0v) is 13.7. The summed E-state index contributed by atoms with van der Waals surface area (Å²) in [6.45, 7) is 7.33. The lowest BCUT2D eigenvalue weighted by atomic mass is 9.98. The van der Waals surface area contributed by atoms with Crippen molar-refractivity contribution in [2.75, 3.05) is 13.1 Å². The van der Waals surface area contributed by atoms with Crippen molar-refractivity contribution in [3.63, 3.8) is 0 Å². The summed E-state index contributed by atoms with van der Waals surface area (Å²) in [5.74, 6) is 1.57. The van der Waals surface area contributed by atoms with E-state index in [1.165, 1.54) is 0 Å². The molecular formula is C17H22N4O2. The Morgan fingerprint density at radius 2 is 2.04 bits per heavy atom. The lowest BCUT2D eigenvalue weighted by Gasteiger charge is -2.18. The highest BCUT2D eigenvalue weighted by molar-refractivity contribution is 5.75. The molecule has 1 fully saturated rings. The summed E-state index contributed by atoms with van der Waals surface area (Å²) in [5.41, 5.74) is 0.933. The van der Waals surface area contributed by atoms with Crippen LogP contribution in [0.5, 0.6) is 0 Å². The van der Waals surface area contributed by atoms with Crippen LogP contribution in [0.25, 0.3) is 11.4 Å². The van der Waals surface area contributed by atoms with Crippen molar-refractivity contribution in [3.05, 3.63) is 36.2 Å². The molecule has 3 rings (SSSR count). The molecule has 2 aromatic rings. The Labute approximate surface area is 135 Å². The Hall–Kier alpha value is -2.37. The number of likely N-dealkylation sites (tertiary alicyclic amines) is 1. The van der Waals surface area contributed by atoms with Gasteiger partial charge in [0.25, 0.3) is 0 Å². The van der Waals surface area contributed by atoms with E-state index in [-0.39, 0.29) is 23.9 Å². The number of carbonyl (C=O) groups excluding carboxylic acids is 1. The van der Waals surface area contributed by atoms with E-state index in [1.54, 1.807) is 0 Å². The van der Waals surface area contributed by atoms with E-state index in [0.717, 1.165) is 5.56 Å². The van der Waals surface area contributed by atoms with Crippen molar-refractivity contribution in [2.45, 2.75) is 32.7 Å². The zero-order valence-electron chi connectivity index (χ0n) is 13.7. The van der Waals surface area contributed by atoms with Crippen LogP contribution >= 0.6 is 0 Å². The quantitative estimate of drug-likeness (QED) is 0.945. The fourth-order valence-electron chi connectivity index (χ4n) is 2.88. The van der Waals surface area contributed by atoms with Gasteiger partial charge in [0.2, 0.25) is 11.7 Å². The van der Waals surface area contributed by atoms with Gasteiger partial charge in [0.15, 0.2) is 0 Å². The van der Waals surface area contributed by atoms with E-state index in [9.17, 15) is 4.79 Å². The van der Waals surface area contributed by atoms with Crippen LogP contribution in [-0.2, 0) is 0 Å². The lowest BCUT2D eigenvalue weighted by Crippen LogP contribution is -2.41. The fourth-order valence-corrected chi connectivity index (χ4v) is 2.88. The molecule has 2 heterocycles. The van der Waals surface area contributed by atoms with Gasteiger partial charge in [0.05, 0.1) is 5.92 Å². The van der Waals surface area contributed by atoms with E-state index in [0.29, 0.717) is 24.8 Å². The van der Waals surface area contributed by atoms with Gasteiger partial charge in [-0.05, 0) is 19.8 Å². The summed E-state index contributed by atoms with van der Waals surface area (Å²) < 4.78 is 5.46. The zero-order chi connectivity index (χ0) is 16.4. The summed E-state index contributed by atoms with van der Waals surface area (Å²) in [4.78, 5) is 18.5. The molecule has 2 amide bonds. The largest absolute Gasteiger partial charge is 0.339 e. The van der Waals surface area contributed by atoms with E-state index >= 15 is 0 Å². The van der Waals surface area contributed by atoms with Crippen LogP contribution in [0.3, 0.4) is 0 Å². The first-order chi connectivity index (χ1) is 11.0. The van der Waals surface area contributed by atoms with Crippen LogP contribution in [0.1, 0.15) is 32.6 Å². The van der Waals surface area contributed by atoms with Gasteiger partial charge in [0, 0.05) is 24.7 Å². The number of urea groups is 1. The number of aromatic nitrogens is 2. The smallest absolute Gasteiger partial charge is 0.317 e. The molecule has 1 saturated heterocycles. The van der Waals surface area contributed by atoms with E-state index in [1.807, 2.05) is 49.1 Å². The summed E-state index contributed by atoms with van der Waals surface area (Å²) in [7, 11) is 0. The highest BCUT2D eigenvalue weighted by Crippen LogP contribution is 2.32. The average molecular weight is 314 g/mol. The number of hydrogen-bond donors (Lipinski definition) is 1. The molecule has 1 N–H and O–H groups in total. The Kier molecular flexibility index (Phi) is 4.32. The molecule has 1 aromatic heterocycles. The molecule has 2 unspecified atom stereocenters. The van der Waals surface area contributed by atoms with E-state index in [4.69, 9.17) is 4.52 Å². The van der Waals surface area contributed by atoms with Gasteiger partial charge in [-0.3, -0.25) is 0 Å². The number of nitrogens with one attached hydrogen (secondary N) is 1. The second-order valence-corrected chi connectivity index (χ2v) is 6.42. The van der Waals surface area contributed by atoms with E-state index in [2.05, 4.69) is 22.4 Å². The predicted octanol–water partition coefficient (Wildman–Crippen LogP) is 2.89. The molecule has 2 atom stereocenters. The van der Waals surface area contributed by atoms with E-state index < -0.39 is 0 Å². The van der Waals surface area contributed by atoms with Crippen molar-refractivity contribution >= 4 is 6.03 Å². The van der Waals surface area contributed by atoms with Crippen molar-refractivity contribution < 1.29 is 9.32 Å². The highest BCUT2D eigenvalue weighted by atomic mass is 16.5. The SMILES string of the molecule is CC(C)NC(=O)N1CC(C)C(c2nc(-c3ccccc3)no2)C1. The first kappa shape index (κ1) is 15.5. The minimum Gasteiger partial charge on any atom is -0.339 e. The topological polar surface area (TPSA) is 71.3 Å². The monoisotopic (exact) mass is 314 g/mol. The summed E-state index contributed by atoms with van der Waals surface area (Å²) in [5, 5.41) is 7.01. The van der Waals surface area contributed by atoms with Crippen molar-refractivity contribution in [3.8, 4) is 11.4 Å². The van der Waals surface area contributed by atoms with Gasteiger partial charge >= 0.3 is 6.03 Å². The first-order valence-corrected chi connectivity index (χ1v) is 7.99. The van der Waals surface area contributed by atoms with Gasteiger partial charge in [-0.25, -0.2) is 4.79 Å². The Balaban J connectivity index is 1.73. The maximum atomic E-state index is 12.2. The molecule has 6 nitrogen and oxygen atoms in total. The fraction of sp³-hybridized carbons (Fsp3) is 0.471. The highest BCUT2D eigenvalue weighted by Gasteiger charge is 2.37. The number of benzene rings is 1. The number of hydrogen-bond acceptors (Lipinski definition) is 4. The van der Waals surface area contributed by atoms with Crippen LogP contribution < -0.4 is 5.32 Å². The van der Waals surface area contributed by atoms with Crippen LogP contribution in [-0.4, -0.2) is 40.2 Å². The molecule has 0 spiro atoms. The molecule has 0 bridgehead atoms. The normalized spacial score (nSPS) is 21.0. The van der Waals surface area contributed by atoms with Crippen LogP contribution in [0.15, 0.2) is 34.9 Å². The molecule has 0 aliphatic carbocycles. The van der Waals surface area contributed by atoms with Gasteiger partial charge in [-0.1, -0.05) is 42.4 Å². The number of amides is 2. The van der Waals surface area contributed by atoms with Crippen molar-refractivity contribution in [1.29, 1.82) is 0 Å². The minimum absolute atomic E-state index is 0.0304. The molecule has 0 radical (unpaired) electrons. The summed E-state index contributed by atoms with van der Waals surface area (Å²) in [6, 6.07) is 9.85. The Morgan fingerprint density at radius 3 is 2.74 bits per heavy atom. The number of nitrogens with zero attached hydrogens (tertiary/aromatic N) is 3. The number of carbonyl (C=O) groups is 1. The average Bonchev–Trinajstić information content (AvgIpc) is 3.14.